The quantitative estimate of drug-likeness (QED) is 0.837. The fourth-order valence-electron chi connectivity index (χ4n) is 1.51. The number of benzene rings is 1. The topological polar surface area (TPSA) is 69.6 Å². The number of carbonyl (C=O) groups excluding carboxylic acids is 2. The summed E-state index contributed by atoms with van der Waals surface area (Å²) in [4.78, 5) is 24.8. The number of hydrogen-bond donors (Lipinski definition) is 2. The van der Waals surface area contributed by atoms with Gasteiger partial charge in [-0.25, -0.2) is 0 Å². The second-order valence-corrected chi connectivity index (χ2v) is 4.43. The maximum Gasteiger partial charge on any atom is 0.254 e. The molecule has 0 atom stereocenters. The summed E-state index contributed by atoms with van der Waals surface area (Å²) < 4.78 is 0. The molecule has 2 N–H and O–H groups in total. The predicted molar refractivity (Wildman–Crippen MR) is 68.3 cm³/mol. The van der Waals surface area contributed by atoms with Gasteiger partial charge in [0.1, 0.15) is 5.75 Å². The van der Waals surface area contributed by atoms with Gasteiger partial charge in [0, 0.05) is 18.7 Å². The van der Waals surface area contributed by atoms with Crippen LogP contribution in [0.15, 0.2) is 24.3 Å². The molecule has 0 aliphatic carbocycles. The van der Waals surface area contributed by atoms with Crippen LogP contribution in [0.2, 0.25) is 0 Å². The van der Waals surface area contributed by atoms with Gasteiger partial charge < -0.3 is 15.3 Å². The summed E-state index contributed by atoms with van der Waals surface area (Å²) in [6.45, 7) is 3.70. The van der Waals surface area contributed by atoms with Crippen LogP contribution in [0, 0.1) is 0 Å². The highest BCUT2D eigenvalue weighted by Crippen LogP contribution is 2.12. The lowest BCUT2D eigenvalue weighted by Crippen LogP contribution is -2.40. The van der Waals surface area contributed by atoms with Crippen molar-refractivity contribution < 1.29 is 14.7 Å². The smallest absolute Gasteiger partial charge is 0.254 e. The standard InChI is InChI=1S/C13H18N2O3/c1-9(2)14-12(17)8-15(3)13(18)10-5-4-6-11(16)7-10/h4-7,9,16H,8H2,1-3H3,(H,14,17). The van der Waals surface area contributed by atoms with Crippen LogP contribution in [-0.4, -0.2) is 41.5 Å². The molecule has 0 aliphatic heterocycles. The number of hydrogen-bond acceptors (Lipinski definition) is 3. The van der Waals surface area contributed by atoms with E-state index in [1.165, 1.54) is 17.0 Å². The average molecular weight is 250 g/mol. The van der Waals surface area contributed by atoms with Gasteiger partial charge in [-0.2, -0.15) is 0 Å². The van der Waals surface area contributed by atoms with Crippen LogP contribution in [0.5, 0.6) is 5.75 Å². The minimum absolute atomic E-state index is 0.00727. The Morgan fingerprint density at radius 1 is 1.39 bits per heavy atom. The van der Waals surface area contributed by atoms with Gasteiger partial charge in [-0.05, 0) is 32.0 Å². The molecule has 1 rings (SSSR count). The Labute approximate surface area is 106 Å². The Balaban J connectivity index is 2.64. The maximum absolute atomic E-state index is 12.0. The number of carbonyl (C=O) groups is 2. The highest BCUT2D eigenvalue weighted by Gasteiger charge is 2.15. The highest BCUT2D eigenvalue weighted by molar-refractivity contribution is 5.96. The van der Waals surface area contributed by atoms with E-state index in [4.69, 9.17) is 0 Å². The fraction of sp³-hybridized carbons (Fsp3) is 0.385. The normalized spacial score (nSPS) is 10.2. The molecule has 1 aromatic carbocycles. The first kappa shape index (κ1) is 14.0. The Bertz CT molecular complexity index is 444. The molecule has 0 spiro atoms. The predicted octanol–water partition coefficient (Wildman–Crippen LogP) is 0.989. The third-order valence-corrected chi connectivity index (χ3v) is 2.27. The fourth-order valence-corrected chi connectivity index (χ4v) is 1.51. The molecule has 18 heavy (non-hydrogen) atoms. The van der Waals surface area contributed by atoms with Crippen LogP contribution >= 0.6 is 0 Å². The second kappa shape index (κ2) is 6.05. The van der Waals surface area contributed by atoms with Crippen molar-refractivity contribution in [3.8, 4) is 5.75 Å². The van der Waals surface area contributed by atoms with E-state index in [1.807, 2.05) is 13.8 Å². The molecule has 98 valence electrons. The SMILES string of the molecule is CC(C)NC(=O)CN(C)C(=O)c1cccc(O)c1. The number of rotatable bonds is 4. The molecule has 0 heterocycles. The molecule has 0 bridgehead atoms. The zero-order valence-corrected chi connectivity index (χ0v) is 10.8. The minimum atomic E-state index is -0.301. The zero-order chi connectivity index (χ0) is 13.7. The molecule has 2 amide bonds. The van der Waals surface area contributed by atoms with Crippen molar-refractivity contribution in [3.05, 3.63) is 29.8 Å². The lowest BCUT2D eigenvalue weighted by molar-refractivity contribution is -0.122. The van der Waals surface area contributed by atoms with Crippen molar-refractivity contribution in [2.24, 2.45) is 0 Å². The number of phenols is 1. The summed E-state index contributed by atoms with van der Waals surface area (Å²) >= 11 is 0. The van der Waals surface area contributed by atoms with E-state index in [0.717, 1.165) is 0 Å². The van der Waals surface area contributed by atoms with Crippen LogP contribution in [0.25, 0.3) is 0 Å². The largest absolute Gasteiger partial charge is 0.508 e. The van der Waals surface area contributed by atoms with E-state index < -0.39 is 0 Å². The molecule has 0 unspecified atom stereocenters. The molecule has 0 saturated carbocycles. The lowest BCUT2D eigenvalue weighted by atomic mass is 10.2. The Kier molecular flexibility index (Phi) is 4.71. The summed E-state index contributed by atoms with van der Waals surface area (Å²) in [7, 11) is 1.55. The summed E-state index contributed by atoms with van der Waals surface area (Å²) in [5.74, 6) is -0.480. The third kappa shape index (κ3) is 4.08. The molecule has 0 aromatic heterocycles. The summed E-state index contributed by atoms with van der Waals surface area (Å²) in [6.07, 6.45) is 0. The van der Waals surface area contributed by atoms with E-state index in [-0.39, 0.29) is 30.2 Å². The molecular weight excluding hydrogens is 232 g/mol. The second-order valence-electron chi connectivity index (χ2n) is 4.43. The molecule has 0 aliphatic rings. The molecular formula is C13H18N2O3. The van der Waals surface area contributed by atoms with E-state index in [2.05, 4.69) is 5.32 Å². The van der Waals surface area contributed by atoms with Crippen LogP contribution in [0.1, 0.15) is 24.2 Å². The number of nitrogens with zero attached hydrogens (tertiary/aromatic N) is 1. The summed E-state index contributed by atoms with van der Waals surface area (Å²) in [5.41, 5.74) is 0.356. The van der Waals surface area contributed by atoms with E-state index in [9.17, 15) is 14.7 Å². The molecule has 0 saturated heterocycles. The van der Waals surface area contributed by atoms with Gasteiger partial charge in [0.25, 0.3) is 5.91 Å². The number of nitrogens with one attached hydrogen (secondary N) is 1. The van der Waals surface area contributed by atoms with Crippen LogP contribution < -0.4 is 5.32 Å². The molecule has 0 radical (unpaired) electrons. The number of phenolic OH excluding ortho intramolecular Hbond substituents is 1. The van der Waals surface area contributed by atoms with Gasteiger partial charge >= 0.3 is 0 Å². The van der Waals surface area contributed by atoms with Gasteiger partial charge in [-0.15, -0.1) is 0 Å². The maximum atomic E-state index is 12.0. The first-order valence-electron chi connectivity index (χ1n) is 5.74. The number of amides is 2. The van der Waals surface area contributed by atoms with Crippen LogP contribution in [-0.2, 0) is 4.79 Å². The average Bonchev–Trinajstić information content (AvgIpc) is 2.26. The van der Waals surface area contributed by atoms with E-state index in [0.29, 0.717) is 5.56 Å². The van der Waals surface area contributed by atoms with Crippen molar-refractivity contribution >= 4 is 11.8 Å². The van der Waals surface area contributed by atoms with Gasteiger partial charge in [0.2, 0.25) is 5.91 Å². The zero-order valence-electron chi connectivity index (χ0n) is 10.8. The van der Waals surface area contributed by atoms with Gasteiger partial charge in [0.15, 0.2) is 0 Å². The molecule has 5 heteroatoms. The van der Waals surface area contributed by atoms with E-state index in [1.54, 1.807) is 19.2 Å². The first-order chi connectivity index (χ1) is 8.40. The van der Waals surface area contributed by atoms with Crippen LogP contribution in [0.4, 0.5) is 0 Å². The van der Waals surface area contributed by atoms with E-state index >= 15 is 0 Å². The van der Waals surface area contributed by atoms with Gasteiger partial charge in [-0.1, -0.05) is 6.07 Å². The monoisotopic (exact) mass is 250 g/mol. The minimum Gasteiger partial charge on any atom is -0.508 e. The van der Waals surface area contributed by atoms with Crippen molar-refractivity contribution in [2.45, 2.75) is 19.9 Å². The van der Waals surface area contributed by atoms with Gasteiger partial charge in [0.05, 0.1) is 6.54 Å². The Hall–Kier alpha value is -2.04. The lowest BCUT2D eigenvalue weighted by Gasteiger charge is -2.18. The third-order valence-electron chi connectivity index (χ3n) is 2.27. The number of aromatic hydroxyl groups is 1. The highest BCUT2D eigenvalue weighted by atomic mass is 16.3. The summed E-state index contributed by atoms with van der Waals surface area (Å²) in [6, 6.07) is 6.09. The molecule has 5 nitrogen and oxygen atoms in total. The Morgan fingerprint density at radius 3 is 2.61 bits per heavy atom. The van der Waals surface area contributed by atoms with Crippen molar-refractivity contribution in [2.75, 3.05) is 13.6 Å². The molecule has 1 aromatic rings. The van der Waals surface area contributed by atoms with Crippen molar-refractivity contribution in [3.63, 3.8) is 0 Å². The number of likely N-dealkylation sites (N-methyl/N-ethyl adjacent to an activating group) is 1. The summed E-state index contributed by atoms with van der Waals surface area (Å²) in [5, 5.41) is 12.0. The van der Waals surface area contributed by atoms with Crippen molar-refractivity contribution in [1.82, 2.24) is 10.2 Å². The van der Waals surface area contributed by atoms with Crippen LogP contribution in [0.3, 0.4) is 0 Å². The van der Waals surface area contributed by atoms with Crippen molar-refractivity contribution in [1.29, 1.82) is 0 Å². The molecule has 0 fully saturated rings. The first-order valence-corrected chi connectivity index (χ1v) is 5.74. The van der Waals surface area contributed by atoms with Gasteiger partial charge in [-0.3, -0.25) is 9.59 Å². The Morgan fingerprint density at radius 2 is 2.06 bits per heavy atom.